The quantitative estimate of drug-likeness (QED) is 0.434. The Morgan fingerprint density at radius 2 is 2.00 bits per heavy atom. The minimum Gasteiger partial charge on any atom is -0.356 e. The third-order valence-corrected chi connectivity index (χ3v) is 4.70. The molecule has 1 unspecified atom stereocenters. The van der Waals surface area contributed by atoms with Gasteiger partial charge in [0.2, 0.25) is 0 Å². The molecule has 2 rings (SSSR count). The normalized spacial score (nSPS) is 19.5. The van der Waals surface area contributed by atoms with E-state index in [1.165, 1.54) is 37.9 Å². The molecular weight excluding hydrogens is 300 g/mol. The highest BCUT2D eigenvalue weighted by molar-refractivity contribution is 5.79. The molecule has 1 aromatic heterocycles. The van der Waals surface area contributed by atoms with Crippen molar-refractivity contribution in [3.8, 4) is 0 Å². The van der Waals surface area contributed by atoms with Crippen molar-refractivity contribution in [2.75, 3.05) is 33.2 Å². The van der Waals surface area contributed by atoms with Gasteiger partial charge in [-0.25, -0.2) is 0 Å². The van der Waals surface area contributed by atoms with Gasteiger partial charge in [0.15, 0.2) is 5.96 Å². The summed E-state index contributed by atoms with van der Waals surface area (Å²) in [5.41, 5.74) is 1.21. The molecule has 1 aromatic rings. The van der Waals surface area contributed by atoms with Crippen LogP contribution in [0.1, 0.15) is 44.6 Å². The number of guanidine groups is 1. The average molecular weight is 335 g/mol. The van der Waals surface area contributed by atoms with Crippen molar-refractivity contribution in [2.45, 2.75) is 58.5 Å². The fourth-order valence-electron chi connectivity index (χ4n) is 3.24. The summed E-state index contributed by atoms with van der Waals surface area (Å²) in [5.74, 6) is 0.901. The zero-order valence-corrected chi connectivity index (χ0v) is 15.6. The second-order valence-corrected chi connectivity index (χ2v) is 6.79. The molecule has 0 aromatic carbocycles. The number of aliphatic imine (C=N–C) groups is 1. The number of hydrogen-bond donors (Lipinski definition) is 2. The minimum atomic E-state index is 0.752. The highest BCUT2D eigenvalue weighted by atomic mass is 15.3. The fourth-order valence-corrected chi connectivity index (χ4v) is 3.24. The Kier molecular flexibility index (Phi) is 8.08. The van der Waals surface area contributed by atoms with E-state index in [9.17, 15) is 0 Å². The molecule has 0 aliphatic carbocycles. The van der Waals surface area contributed by atoms with Crippen LogP contribution in [0.3, 0.4) is 0 Å². The van der Waals surface area contributed by atoms with Crippen molar-refractivity contribution < 1.29 is 0 Å². The highest BCUT2D eigenvalue weighted by Gasteiger charge is 2.16. The summed E-state index contributed by atoms with van der Waals surface area (Å²) in [4.78, 5) is 6.91. The van der Waals surface area contributed by atoms with Crippen LogP contribution in [0.2, 0.25) is 0 Å². The minimum absolute atomic E-state index is 0.752. The van der Waals surface area contributed by atoms with E-state index in [4.69, 9.17) is 0 Å². The molecule has 0 amide bonds. The maximum absolute atomic E-state index is 4.30. The second kappa shape index (κ2) is 10.3. The SMILES string of the molecule is CN=C(NCCCN1CCCCC1C)NCCCn1cc(C)cn1. The molecule has 0 spiro atoms. The lowest BCUT2D eigenvalue weighted by molar-refractivity contribution is 0.159. The zero-order chi connectivity index (χ0) is 17.2. The third-order valence-electron chi connectivity index (χ3n) is 4.70. The Hall–Kier alpha value is -1.56. The molecular formula is C18H34N6. The summed E-state index contributed by atoms with van der Waals surface area (Å²) < 4.78 is 1.99. The largest absolute Gasteiger partial charge is 0.356 e. The van der Waals surface area contributed by atoms with Gasteiger partial charge < -0.3 is 15.5 Å². The Bertz CT molecular complexity index is 495. The van der Waals surface area contributed by atoms with E-state index in [0.717, 1.165) is 44.5 Å². The Morgan fingerprint density at radius 1 is 1.25 bits per heavy atom. The van der Waals surface area contributed by atoms with Gasteiger partial charge in [0, 0.05) is 45.5 Å². The molecule has 2 N–H and O–H groups in total. The molecule has 0 saturated carbocycles. The topological polar surface area (TPSA) is 57.5 Å². The molecule has 1 aliphatic rings. The van der Waals surface area contributed by atoms with Crippen LogP contribution in [0.5, 0.6) is 0 Å². The summed E-state index contributed by atoms with van der Waals surface area (Å²) in [6, 6.07) is 0.752. The lowest BCUT2D eigenvalue weighted by atomic mass is 10.0. The monoisotopic (exact) mass is 334 g/mol. The summed E-state index contributed by atoms with van der Waals surface area (Å²) in [7, 11) is 1.83. The first-order chi connectivity index (χ1) is 11.7. The van der Waals surface area contributed by atoms with Gasteiger partial charge >= 0.3 is 0 Å². The van der Waals surface area contributed by atoms with Crippen molar-refractivity contribution in [1.82, 2.24) is 25.3 Å². The van der Waals surface area contributed by atoms with Crippen molar-refractivity contribution >= 4 is 5.96 Å². The van der Waals surface area contributed by atoms with Crippen LogP contribution in [0.25, 0.3) is 0 Å². The van der Waals surface area contributed by atoms with Gasteiger partial charge in [0.25, 0.3) is 0 Å². The lowest BCUT2D eigenvalue weighted by Crippen LogP contribution is -2.41. The Labute approximate surface area is 146 Å². The van der Waals surface area contributed by atoms with Crippen LogP contribution in [-0.4, -0.2) is 59.9 Å². The maximum Gasteiger partial charge on any atom is 0.190 e. The predicted molar refractivity (Wildman–Crippen MR) is 100 cm³/mol. The molecule has 0 bridgehead atoms. The van der Waals surface area contributed by atoms with Crippen LogP contribution in [0, 0.1) is 6.92 Å². The van der Waals surface area contributed by atoms with Gasteiger partial charge in [-0.2, -0.15) is 5.10 Å². The number of rotatable bonds is 8. The van der Waals surface area contributed by atoms with E-state index in [2.05, 4.69) is 45.7 Å². The van der Waals surface area contributed by atoms with Crippen LogP contribution in [0.15, 0.2) is 17.4 Å². The molecule has 1 fully saturated rings. The van der Waals surface area contributed by atoms with Gasteiger partial charge in [-0.05, 0) is 51.6 Å². The van der Waals surface area contributed by atoms with Crippen LogP contribution in [0.4, 0.5) is 0 Å². The number of aryl methyl sites for hydroxylation is 2. The van der Waals surface area contributed by atoms with E-state index in [1.807, 2.05) is 17.9 Å². The fraction of sp³-hybridized carbons (Fsp3) is 0.778. The van der Waals surface area contributed by atoms with Crippen molar-refractivity contribution in [3.63, 3.8) is 0 Å². The van der Waals surface area contributed by atoms with E-state index < -0.39 is 0 Å². The van der Waals surface area contributed by atoms with Crippen molar-refractivity contribution in [2.24, 2.45) is 4.99 Å². The number of nitrogens with one attached hydrogen (secondary N) is 2. The third kappa shape index (κ3) is 6.51. The standard InChI is InChI=1S/C18H34N6/c1-16-14-22-24(15-16)13-7-10-21-18(19-3)20-9-6-12-23-11-5-4-8-17(23)2/h14-15,17H,4-13H2,1-3H3,(H2,19,20,21). The number of piperidine rings is 1. The maximum atomic E-state index is 4.30. The first kappa shape index (κ1) is 18.8. The smallest absolute Gasteiger partial charge is 0.190 e. The molecule has 6 heteroatoms. The summed E-state index contributed by atoms with van der Waals surface area (Å²) in [6.07, 6.45) is 10.3. The zero-order valence-electron chi connectivity index (χ0n) is 15.6. The summed E-state index contributed by atoms with van der Waals surface area (Å²) in [5, 5.41) is 11.1. The molecule has 136 valence electrons. The van der Waals surface area contributed by atoms with Gasteiger partial charge in [-0.1, -0.05) is 6.42 Å². The number of aromatic nitrogens is 2. The van der Waals surface area contributed by atoms with Crippen LogP contribution in [-0.2, 0) is 6.54 Å². The highest BCUT2D eigenvalue weighted by Crippen LogP contribution is 2.15. The lowest BCUT2D eigenvalue weighted by Gasteiger charge is -2.33. The molecule has 24 heavy (non-hydrogen) atoms. The van der Waals surface area contributed by atoms with Gasteiger partial charge in [0.05, 0.1) is 6.20 Å². The number of nitrogens with zero attached hydrogens (tertiary/aromatic N) is 4. The van der Waals surface area contributed by atoms with Crippen LogP contribution >= 0.6 is 0 Å². The molecule has 1 aliphatic heterocycles. The Morgan fingerprint density at radius 3 is 2.62 bits per heavy atom. The van der Waals surface area contributed by atoms with Gasteiger partial charge in [-0.15, -0.1) is 0 Å². The van der Waals surface area contributed by atoms with E-state index in [-0.39, 0.29) is 0 Å². The number of likely N-dealkylation sites (tertiary alicyclic amines) is 1. The Balaban J connectivity index is 1.53. The first-order valence-electron chi connectivity index (χ1n) is 9.36. The van der Waals surface area contributed by atoms with Gasteiger partial charge in [0.1, 0.15) is 0 Å². The van der Waals surface area contributed by atoms with E-state index in [1.54, 1.807) is 0 Å². The molecule has 2 heterocycles. The predicted octanol–water partition coefficient (Wildman–Crippen LogP) is 2.01. The average Bonchev–Trinajstić information content (AvgIpc) is 3.00. The molecule has 6 nitrogen and oxygen atoms in total. The van der Waals surface area contributed by atoms with Gasteiger partial charge in [-0.3, -0.25) is 9.67 Å². The molecule has 0 radical (unpaired) electrons. The summed E-state index contributed by atoms with van der Waals surface area (Å²) in [6.45, 7) is 9.69. The van der Waals surface area contributed by atoms with Crippen molar-refractivity contribution in [3.05, 3.63) is 18.0 Å². The first-order valence-corrected chi connectivity index (χ1v) is 9.36. The number of hydrogen-bond acceptors (Lipinski definition) is 3. The van der Waals surface area contributed by atoms with E-state index >= 15 is 0 Å². The van der Waals surface area contributed by atoms with E-state index in [0.29, 0.717) is 0 Å². The molecule has 1 atom stereocenters. The van der Waals surface area contributed by atoms with Crippen LogP contribution < -0.4 is 10.6 Å². The molecule has 1 saturated heterocycles. The summed E-state index contributed by atoms with van der Waals surface area (Å²) >= 11 is 0. The second-order valence-electron chi connectivity index (χ2n) is 6.79. The van der Waals surface area contributed by atoms with Crippen molar-refractivity contribution in [1.29, 1.82) is 0 Å².